The summed E-state index contributed by atoms with van der Waals surface area (Å²) in [6.07, 6.45) is 1.57. The average Bonchev–Trinajstić information content (AvgIpc) is 3.35. The van der Waals surface area contributed by atoms with E-state index in [0.29, 0.717) is 21.9 Å². The number of carbonyl (C=O) groups excluding carboxylic acids is 1. The number of Topliss-reactive ketones (excluding diaryl/α,β-unsaturated/α-hetero) is 1. The predicted molar refractivity (Wildman–Crippen MR) is 109 cm³/mol. The van der Waals surface area contributed by atoms with Crippen LogP contribution in [0, 0.1) is 0 Å². The maximum atomic E-state index is 12.7. The summed E-state index contributed by atoms with van der Waals surface area (Å²) in [5.41, 5.74) is 4.79. The number of H-pyrrole nitrogens is 1. The number of thiophene rings is 1. The molecular weight excluding hydrogens is 402 g/mol. The van der Waals surface area contributed by atoms with Crippen LogP contribution in [0.15, 0.2) is 31.0 Å². The molecule has 1 aliphatic carbocycles. The van der Waals surface area contributed by atoms with Crippen LogP contribution in [0.3, 0.4) is 0 Å². The maximum absolute atomic E-state index is 12.7. The molecule has 1 fully saturated rings. The number of hydrogen-bond acceptors (Lipinski definition) is 8. The molecule has 3 N–H and O–H groups in total. The summed E-state index contributed by atoms with van der Waals surface area (Å²) in [7, 11) is 0. The Kier molecular flexibility index (Phi) is 4.71. The molecule has 4 rings (SSSR count). The second-order valence-corrected chi connectivity index (χ2v) is 8.27. The van der Waals surface area contributed by atoms with Gasteiger partial charge in [0.25, 0.3) is 11.1 Å². The number of rotatable bonds is 6. The number of thioether (sulfide) groups is 1. The molecule has 28 heavy (non-hydrogen) atoms. The van der Waals surface area contributed by atoms with Gasteiger partial charge in [-0.05, 0) is 31.2 Å². The first-order chi connectivity index (χ1) is 13.4. The van der Waals surface area contributed by atoms with Gasteiger partial charge < -0.3 is 5.73 Å². The SMILES string of the molecule is CCn1c(SCC(=O)c2c(N)n(C3CC3)c(=O)[nH]c2=O)nc2ccsc2c1=O. The van der Waals surface area contributed by atoms with Crippen molar-refractivity contribution in [2.75, 3.05) is 11.5 Å². The normalized spacial score (nSPS) is 13.9. The van der Waals surface area contributed by atoms with Gasteiger partial charge in [-0.1, -0.05) is 11.8 Å². The lowest BCUT2D eigenvalue weighted by Crippen LogP contribution is -2.36. The first-order valence-corrected chi connectivity index (χ1v) is 10.6. The molecule has 3 aromatic rings. The molecule has 0 radical (unpaired) electrons. The van der Waals surface area contributed by atoms with Gasteiger partial charge in [0.15, 0.2) is 10.9 Å². The molecule has 3 heterocycles. The minimum absolute atomic E-state index is 0.0727. The third-order valence-electron chi connectivity index (χ3n) is 4.55. The van der Waals surface area contributed by atoms with Crippen LogP contribution < -0.4 is 22.5 Å². The van der Waals surface area contributed by atoms with Crippen molar-refractivity contribution in [2.24, 2.45) is 0 Å². The van der Waals surface area contributed by atoms with Gasteiger partial charge >= 0.3 is 5.69 Å². The Balaban J connectivity index is 1.67. The maximum Gasteiger partial charge on any atom is 0.330 e. The number of anilines is 1. The highest BCUT2D eigenvalue weighted by Gasteiger charge is 2.30. The summed E-state index contributed by atoms with van der Waals surface area (Å²) in [6, 6.07) is 1.68. The molecule has 1 saturated carbocycles. The van der Waals surface area contributed by atoms with Crippen LogP contribution in [-0.2, 0) is 6.54 Å². The van der Waals surface area contributed by atoms with E-state index < -0.39 is 17.0 Å². The number of carbonyl (C=O) groups is 1. The van der Waals surface area contributed by atoms with Crippen LogP contribution in [0.4, 0.5) is 5.82 Å². The largest absolute Gasteiger partial charge is 0.384 e. The van der Waals surface area contributed by atoms with Gasteiger partial charge in [-0.15, -0.1) is 11.3 Å². The zero-order chi connectivity index (χ0) is 20.0. The zero-order valence-electron chi connectivity index (χ0n) is 14.9. The summed E-state index contributed by atoms with van der Waals surface area (Å²) in [4.78, 5) is 56.1. The van der Waals surface area contributed by atoms with Crippen LogP contribution in [0.5, 0.6) is 0 Å². The quantitative estimate of drug-likeness (QED) is 0.349. The molecule has 0 aromatic carbocycles. The Morgan fingerprint density at radius 1 is 1.39 bits per heavy atom. The Hall–Kier alpha value is -2.66. The number of nitrogens with one attached hydrogen (secondary N) is 1. The van der Waals surface area contributed by atoms with Crippen molar-refractivity contribution in [3.8, 4) is 0 Å². The Morgan fingerprint density at radius 2 is 2.14 bits per heavy atom. The summed E-state index contributed by atoms with van der Waals surface area (Å²) in [5.74, 6) is -0.741. The third-order valence-corrected chi connectivity index (χ3v) is 6.42. The number of aromatic nitrogens is 4. The summed E-state index contributed by atoms with van der Waals surface area (Å²) in [5, 5.41) is 2.19. The highest BCUT2D eigenvalue weighted by molar-refractivity contribution is 7.99. The van der Waals surface area contributed by atoms with Crippen molar-refractivity contribution in [3.05, 3.63) is 48.2 Å². The van der Waals surface area contributed by atoms with Crippen LogP contribution >= 0.6 is 23.1 Å². The molecule has 0 atom stereocenters. The van der Waals surface area contributed by atoms with Gasteiger partial charge in [0, 0.05) is 12.6 Å². The number of ketones is 1. The topological polar surface area (TPSA) is 133 Å². The van der Waals surface area contributed by atoms with E-state index in [0.717, 1.165) is 24.6 Å². The monoisotopic (exact) mass is 419 g/mol. The highest BCUT2D eigenvalue weighted by Crippen LogP contribution is 2.35. The summed E-state index contributed by atoms with van der Waals surface area (Å²) >= 11 is 2.39. The van der Waals surface area contributed by atoms with Crippen molar-refractivity contribution in [1.82, 2.24) is 19.1 Å². The fourth-order valence-corrected chi connectivity index (χ4v) is 4.76. The first-order valence-electron chi connectivity index (χ1n) is 8.70. The molecule has 0 spiro atoms. The third kappa shape index (κ3) is 3.10. The van der Waals surface area contributed by atoms with E-state index in [1.165, 1.54) is 20.5 Å². The molecule has 0 unspecified atom stereocenters. The molecule has 0 bridgehead atoms. The van der Waals surface area contributed by atoms with E-state index in [1.54, 1.807) is 11.4 Å². The van der Waals surface area contributed by atoms with E-state index >= 15 is 0 Å². The lowest BCUT2D eigenvalue weighted by molar-refractivity contribution is 0.102. The van der Waals surface area contributed by atoms with Gasteiger partial charge in [-0.2, -0.15) is 0 Å². The molecular formula is C17H17N5O4S2. The van der Waals surface area contributed by atoms with Gasteiger partial charge in [-0.25, -0.2) is 9.78 Å². The minimum Gasteiger partial charge on any atom is -0.384 e. The standard InChI is InChI=1S/C17H17N5O4S2/c1-2-21-15(25)12-9(5-6-27-12)19-17(21)28-7-10(23)11-13(18)22(8-3-4-8)16(26)20-14(11)24/h5-6,8H,2-4,7,18H2,1H3,(H,20,24,26). The van der Waals surface area contributed by atoms with Gasteiger partial charge in [-0.3, -0.25) is 28.5 Å². The number of fused-ring (bicyclic) bond motifs is 1. The molecule has 0 saturated heterocycles. The first kappa shape index (κ1) is 18.7. The highest BCUT2D eigenvalue weighted by atomic mass is 32.2. The van der Waals surface area contributed by atoms with Crippen molar-refractivity contribution in [1.29, 1.82) is 0 Å². The van der Waals surface area contributed by atoms with E-state index in [9.17, 15) is 19.2 Å². The smallest absolute Gasteiger partial charge is 0.330 e. The second-order valence-electron chi connectivity index (χ2n) is 6.41. The van der Waals surface area contributed by atoms with Crippen LogP contribution in [0.25, 0.3) is 10.2 Å². The minimum atomic E-state index is -0.792. The summed E-state index contributed by atoms with van der Waals surface area (Å²) in [6.45, 7) is 2.23. The van der Waals surface area contributed by atoms with Gasteiger partial charge in [0.1, 0.15) is 16.1 Å². The summed E-state index contributed by atoms with van der Waals surface area (Å²) < 4.78 is 3.33. The van der Waals surface area contributed by atoms with Crippen molar-refractivity contribution >= 4 is 44.9 Å². The van der Waals surface area contributed by atoms with E-state index in [4.69, 9.17) is 5.73 Å². The van der Waals surface area contributed by atoms with Gasteiger partial charge in [0.05, 0.1) is 11.3 Å². The molecule has 1 aliphatic rings. The molecule has 0 aliphatic heterocycles. The zero-order valence-corrected chi connectivity index (χ0v) is 16.6. The van der Waals surface area contributed by atoms with Gasteiger partial charge in [0.2, 0.25) is 0 Å². The fraction of sp³-hybridized carbons (Fsp3) is 0.353. The number of hydrogen-bond donors (Lipinski definition) is 2. The van der Waals surface area contributed by atoms with Crippen LogP contribution in [-0.4, -0.2) is 30.6 Å². The van der Waals surface area contributed by atoms with E-state index in [1.807, 2.05) is 6.92 Å². The van der Waals surface area contributed by atoms with Crippen molar-refractivity contribution < 1.29 is 4.79 Å². The van der Waals surface area contributed by atoms with Crippen LogP contribution in [0.2, 0.25) is 0 Å². The number of nitrogens with two attached hydrogens (primary N) is 1. The number of nitrogen functional groups attached to an aromatic ring is 1. The molecule has 0 amide bonds. The fourth-order valence-electron chi connectivity index (χ4n) is 3.05. The Morgan fingerprint density at radius 3 is 2.82 bits per heavy atom. The molecule has 9 nitrogen and oxygen atoms in total. The van der Waals surface area contributed by atoms with E-state index in [2.05, 4.69) is 9.97 Å². The Labute approximate surface area is 166 Å². The molecule has 11 heteroatoms. The van der Waals surface area contributed by atoms with Crippen molar-refractivity contribution in [3.63, 3.8) is 0 Å². The Bertz CT molecular complexity index is 1270. The van der Waals surface area contributed by atoms with Crippen LogP contribution in [0.1, 0.15) is 36.2 Å². The number of nitrogens with zero attached hydrogens (tertiary/aromatic N) is 3. The second kappa shape index (κ2) is 7.06. The lowest BCUT2D eigenvalue weighted by Gasteiger charge is -2.12. The average molecular weight is 419 g/mol. The number of aromatic amines is 1. The van der Waals surface area contributed by atoms with E-state index in [-0.39, 0.29) is 28.7 Å². The lowest BCUT2D eigenvalue weighted by atomic mass is 10.2. The molecule has 3 aromatic heterocycles. The van der Waals surface area contributed by atoms with Crippen molar-refractivity contribution in [2.45, 2.75) is 37.5 Å². The predicted octanol–water partition coefficient (Wildman–Crippen LogP) is 1.22. The molecule has 146 valence electrons.